The minimum Gasteiger partial charge on any atom is -0.396 e. The summed E-state index contributed by atoms with van der Waals surface area (Å²) in [4.78, 5) is 0. The summed E-state index contributed by atoms with van der Waals surface area (Å²) in [5.41, 5.74) is -0.179. The van der Waals surface area contributed by atoms with Gasteiger partial charge in [0.25, 0.3) is 0 Å². The van der Waals surface area contributed by atoms with Gasteiger partial charge >= 0.3 is 10.4 Å². The minimum absolute atomic E-state index is 0.0680. The Labute approximate surface area is 216 Å². The zero-order valence-corrected chi connectivity index (χ0v) is 22.9. The number of hydrogen-bond acceptors (Lipinski definition) is 7. The van der Waals surface area contributed by atoms with Gasteiger partial charge < -0.3 is 20.4 Å². The molecule has 4 saturated carbocycles. The summed E-state index contributed by atoms with van der Waals surface area (Å²) in [5, 5.41) is 42.9. The largest absolute Gasteiger partial charge is 0.397 e. The summed E-state index contributed by atoms with van der Waals surface area (Å²) in [6.45, 7) is 6.39. The van der Waals surface area contributed by atoms with Crippen molar-refractivity contribution in [2.24, 2.45) is 52.3 Å². The highest BCUT2D eigenvalue weighted by Gasteiger charge is 2.65. The van der Waals surface area contributed by atoms with Gasteiger partial charge in [-0.3, -0.25) is 4.55 Å². The van der Waals surface area contributed by atoms with Crippen molar-refractivity contribution in [2.45, 2.75) is 103 Å². The molecule has 4 fully saturated rings. The summed E-state index contributed by atoms with van der Waals surface area (Å²) >= 11 is 0. The highest BCUT2D eigenvalue weighted by Crippen LogP contribution is 2.68. The Morgan fingerprint density at radius 2 is 1.72 bits per heavy atom. The third kappa shape index (κ3) is 5.27. The van der Waals surface area contributed by atoms with Crippen LogP contribution in [0.15, 0.2) is 0 Å². The molecule has 0 radical (unpaired) electrons. The molecule has 36 heavy (non-hydrogen) atoms. The molecule has 0 aromatic carbocycles. The van der Waals surface area contributed by atoms with Gasteiger partial charge in [-0.2, -0.15) is 8.42 Å². The normalized spacial score (nSPS) is 46.4. The Bertz CT molecular complexity index is 866. The molecule has 0 aromatic heterocycles. The third-order valence-corrected chi connectivity index (χ3v) is 11.9. The van der Waals surface area contributed by atoms with Gasteiger partial charge in [0, 0.05) is 12.5 Å². The summed E-state index contributed by atoms with van der Waals surface area (Å²) in [7, 11) is -4.51. The molecule has 9 heteroatoms. The first-order chi connectivity index (χ1) is 16.8. The molecule has 0 aromatic rings. The highest BCUT2D eigenvalue weighted by molar-refractivity contribution is 7.80. The Morgan fingerprint density at radius 3 is 2.39 bits per heavy atom. The molecule has 0 amide bonds. The molecular formula is C27H48O8S. The minimum atomic E-state index is -4.51. The van der Waals surface area contributed by atoms with E-state index in [0.29, 0.717) is 24.2 Å². The highest BCUT2D eigenvalue weighted by atomic mass is 32.3. The number of aliphatic hydroxyl groups is 4. The number of rotatable bonds is 9. The first-order valence-corrected chi connectivity index (χ1v) is 15.4. The molecule has 0 bridgehead atoms. The van der Waals surface area contributed by atoms with Crippen LogP contribution in [0.3, 0.4) is 0 Å². The summed E-state index contributed by atoms with van der Waals surface area (Å²) in [6, 6.07) is 0. The second-order valence-corrected chi connectivity index (χ2v) is 14.3. The van der Waals surface area contributed by atoms with Gasteiger partial charge in [-0.1, -0.05) is 33.6 Å². The van der Waals surface area contributed by atoms with Gasteiger partial charge in [0.1, 0.15) is 0 Å². The van der Waals surface area contributed by atoms with Gasteiger partial charge in [-0.15, -0.1) is 0 Å². The second kappa shape index (κ2) is 10.7. The monoisotopic (exact) mass is 532 g/mol. The van der Waals surface area contributed by atoms with Crippen molar-refractivity contribution in [1.29, 1.82) is 0 Å². The van der Waals surface area contributed by atoms with Crippen molar-refractivity contribution in [1.82, 2.24) is 0 Å². The first kappa shape index (κ1) is 28.7. The average molecular weight is 533 g/mol. The van der Waals surface area contributed by atoms with Gasteiger partial charge in [0.05, 0.1) is 24.9 Å². The number of aliphatic hydroxyl groups excluding tert-OH is 4. The van der Waals surface area contributed by atoms with Gasteiger partial charge in [-0.05, 0) is 97.7 Å². The van der Waals surface area contributed by atoms with E-state index >= 15 is 0 Å². The molecule has 4 rings (SSSR count). The topological polar surface area (TPSA) is 145 Å². The van der Waals surface area contributed by atoms with Gasteiger partial charge in [-0.25, -0.2) is 4.18 Å². The number of hydrogen-bond donors (Lipinski definition) is 5. The zero-order chi connectivity index (χ0) is 26.5. The van der Waals surface area contributed by atoms with Crippen LogP contribution in [0.25, 0.3) is 0 Å². The molecule has 0 aliphatic heterocycles. The van der Waals surface area contributed by atoms with Crippen LogP contribution < -0.4 is 0 Å². The molecular weight excluding hydrogens is 484 g/mol. The molecule has 0 heterocycles. The fourth-order valence-electron chi connectivity index (χ4n) is 9.47. The molecule has 8 nitrogen and oxygen atoms in total. The van der Waals surface area contributed by atoms with Crippen LogP contribution in [-0.2, 0) is 14.6 Å². The van der Waals surface area contributed by atoms with Crippen LogP contribution in [0.5, 0.6) is 0 Å². The van der Waals surface area contributed by atoms with Crippen LogP contribution in [-0.4, -0.2) is 64.9 Å². The van der Waals surface area contributed by atoms with Crippen molar-refractivity contribution in [2.75, 3.05) is 13.2 Å². The molecule has 12 atom stereocenters. The molecule has 0 unspecified atom stereocenters. The Morgan fingerprint density at radius 1 is 1.00 bits per heavy atom. The van der Waals surface area contributed by atoms with Crippen molar-refractivity contribution >= 4 is 10.4 Å². The van der Waals surface area contributed by atoms with E-state index < -0.39 is 16.5 Å². The van der Waals surface area contributed by atoms with E-state index in [0.717, 1.165) is 57.8 Å². The van der Waals surface area contributed by atoms with E-state index in [1.54, 1.807) is 0 Å². The molecule has 4 aliphatic rings. The van der Waals surface area contributed by atoms with Crippen molar-refractivity contribution < 1.29 is 37.6 Å². The maximum Gasteiger partial charge on any atom is 0.397 e. The predicted molar refractivity (Wildman–Crippen MR) is 135 cm³/mol. The van der Waals surface area contributed by atoms with E-state index in [-0.39, 0.29) is 59.9 Å². The van der Waals surface area contributed by atoms with Crippen molar-refractivity contribution in [3.05, 3.63) is 0 Å². The number of fused-ring (bicyclic) bond motifs is 5. The Kier molecular flexibility index (Phi) is 8.53. The van der Waals surface area contributed by atoms with Crippen LogP contribution in [0.1, 0.15) is 85.0 Å². The molecule has 0 saturated heterocycles. The molecule has 210 valence electrons. The Balaban J connectivity index is 1.42. The lowest BCUT2D eigenvalue weighted by molar-refractivity contribution is -0.207. The van der Waals surface area contributed by atoms with Gasteiger partial charge in [0.15, 0.2) is 0 Å². The van der Waals surface area contributed by atoms with Crippen molar-refractivity contribution in [3.8, 4) is 0 Å². The summed E-state index contributed by atoms with van der Waals surface area (Å²) in [5.74, 6) is 1.42. The quantitative estimate of drug-likeness (QED) is 0.285. The van der Waals surface area contributed by atoms with E-state index in [4.69, 9.17) is 4.55 Å². The lowest BCUT2D eigenvalue weighted by atomic mass is 9.43. The predicted octanol–water partition coefficient (Wildman–Crippen LogP) is 3.18. The van der Waals surface area contributed by atoms with E-state index in [9.17, 15) is 28.8 Å². The molecule has 4 aliphatic carbocycles. The van der Waals surface area contributed by atoms with E-state index in [2.05, 4.69) is 25.0 Å². The van der Waals surface area contributed by atoms with Crippen LogP contribution in [0.2, 0.25) is 0 Å². The Hall–Kier alpha value is -0.290. The van der Waals surface area contributed by atoms with Crippen LogP contribution >= 0.6 is 0 Å². The zero-order valence-electron chi connectivity index (χ0n) is 22.1. The van der Waals surface area contributed by atoms with Crippen molar-refractivity contribution in [3.63, 3.8) is 0 Å². The average Bonchev–Trinajstić information content (AvgIpc) is 3.16. The maximum absolute atomic E-state index is 11.7. The maximum atomic E-state index is 11.7. The molecule has 0 spiro atoms. The van der Waals surface area contributed by atoms with E-state index in [1.165, 1.54) is 0 Å². The summed E-state index contributed by atoms with van der Waals surface area (Å²) in [6.07, 6.45) is 7.30. The fourth-order valence-corrected chi connectivity index (χ4v) is 9.84. The lowest BCUT2D eigenvalue weighted by Crippen LogP contribution is -2.62. The lowest BCUT2D eigenvalue weighted by Gasteiger charge is -2.63. The van der Waals surface area contributed by atoms with Crippen LogP contribution in [0, 0.1) is 52.3 Å². The molecule has 5 N–H and O–H groups in total. The summed E-state index contributed by atoms with van der Waals surface area (Å²) < 4.78 is 34.9. The standard InChI is InChI=1S/C27H48O8S/c1-16(5-4-6-17(14-28)15-35-36(32,33)34)20-7-8-21-25-22(13-24(31)27(20,21)3)26(2)10-9-19(29)11-18(26)12-23(25)30/h16-25,28-31H,4-15H2,1-3H3,(H,32,33,34)/t16-,17-,18+,19-,20-,21+,22+,23-,24+,25+,26+,27-/m1/s1. The smallest absolute Gasteiger partial charge is 0.396 e. The SMILES string of the molecule is C[C@H](CCC[C@H](CO)COS(=O)(=O)O)[C@H]1CC[C@H]2[C@@H]3[C@H](O)C[C@@H]4C[C@H](O)CC[C@]4(C)[C@H]3C[C@H](O)[C@]12C. The van der Waals surface area contributed by atoms with E-state index in [1.807, 2.05) is 0 Å². The first-order valence-electron chi connectivity index (χ1n) is 14.1. The second-order valence-electron chi connectivity index (χ2n) is 13.2. The van der Waals surface area contributed by atoms with Gasteiger partial charge in [0.2, 0.25) is 0 Å². The third-order valence-electron chi connectivity index (χ3n) is 11.5. The fraction of sp³-hybridized carbons (Fsp3) is 1.00. The van der Waals surface area contributed by atoms with Crippen LogP contribution in [0.4, 0.5) is 0 Å².